The number of anilines is 1. The van der Waals surface area contributed by atoms with Gasteiger partial charge in [0.25, 0.3) is 0 Å². The number of aliphatic carboxylic acids is 1. The molecule has 2 unspecified atom stereocenters. The number of fused-ring (bicyclic) bond motifs is 1. The molecular formula is C12H17N3O2S. The van der Waals surface area contributed by atoms with Gasteiger partial charge in [0, 0.05) is 17.5 Å². The van der Waals surface area contributed by atoms with Crippen LogP contribution in [0.3, 0.4) is 0 Å². The molecule has 98 valence electrons. The van der Waals surface area contributed by atoms with E-state index in [-0.39, 0.29) is 0 Å². The van der Waals surface area contributed by atoms with Crippen LogP contribution in [0.25, 0.3) is 0 Å². The lowest BCUT2D eigenvalue weighted by atomic mass is 10.1. The quantitative estimate of drug-likeness (QED) is 0.866. The second-order valence-electron chi connectivity index (χ2n) is 5.15. The number of likely N-dealkylation sites (tertiary alicyclic amines) is 1. The van der Waals surface area contributed by atoms with Gasteiger partial charge in [0.2, 0.25) is 0 Å². The number of aromatic nitrogens is 1. The first-order valence-corrected chi connectivity index (χ1v) is 7.12. The van der Waals surface area contributed by atoms with E-state index >= 15 is 0 Å². The zero-order valence-corrected chi connectivity index (χ0v) is 11.2. The summed E-state index contributed by atoms with van der Waals surface area (Å²) in [5.41, 5.74) is 0.793. The minimum absolute atomic E-state index is 0.391. The summed E-state index contributed by atoms with van der Waals surface area (Å²) in [4.78, 5) is 19.0. The van der Waals surface area contributed by atoms with Crippen LogP contribution in [-0.4, -0.2) is 47.1 Å². The molecule has 2 N–H and O–H groups in total. The Kier molecular flexibility index (Phi) is 2.99. The highest BCUT2D eigenvalue weighted by Gasteiger charge is 2.32. The predicted octanol–water partition coefficient (Wildman–Crippen LogP) is 1.37. The van der Waals surface area contributed by atoms with Crippen molar-refractivity contribution in [2.24, 2.45) is 0 Å². The van der Waals surface area contributed by atoms with E-state index in [1.807, 2.05) is 0 Å². The maximum absolute atomic E-state index is 11.1. The van der Waals surface area contributed by atoms with Crippen LogP contribution in [0.2, 0.25) is 0 Å². The van der Waals surface area contributed by atoms with Crippen molar-refractivity contribution < 1.29 is 9.90 Å². The van der Waals surface area contributed by atoms with E-state index in [2.05, 4.69) is 22.2 Å². The summed E-state index contributed by atoms with van der Waals surface area (Å²) in [6.45, 7) is 2.15. The van der Waals surface area contributed by atoms with Crippen LogP contribution in [0, 0.1) is 0 Å². The van der Waals surface area contributed by atoms with Crippen LogP contribution in [-0.2, 0) is 11.2 Å². The molecular weight excluding hydrogens is 250 g/mol. The fraction of sp³-hybridized carbons (Fsp3) is 0.667. The number of carboxylic acids is 1. The Morgan fingerprint density at radius 2 is 2.39 bits per heavy atom. The van der Waals surface area contributed by atoms with Gasteiger partial charge in [0.1, 0.15) is 5.92 Å². The van der Waals surface area contributed by atoms with Gasteiger partial charge in [-0.2, -0.15) is 0 Å². The van der Waals surface area contributed by atoms with Gasteiger partial charge >= 0.3 is 5.97 Å². The molecule has 1 aliphatic carbocycles. The lowest BCUT2D eigenvalue weighted by Gasteiger charge is -2.11. The maximum atomic E-state index is 11.1. The molecule has 0 aromatic carbocycles. The van der Waals surface area contributed by atoms with Crippen LogP contribution >= 0.6 is 11.3 Å². The Balaban J connectivity index is 1.72. The third-order valence-electron chi connectivity index (χ3n) is 3.73. The number of likely N-dealkylation sites (N-methyl/N-ethyl adjacent to an activating group) is 1. The van der Waals surface area contributed by atoms with E-state index < -0.39 is 11.9 Å². The molecule has 2 atom stereocenters. The van der Waals surface area contributed by atoms with Crippen molar-refractivity contribution in [1.29, 1.82) is 0 Å². The second kappa shape index (κ2) is 4.51. The van der Waals surface area contributed by atoms with Crippen molar-refractivity contribution in [3.63, 3.8) is 0 Å². The second-order valence-corrected chi connectivity index (χ2v) is 6.23. The average Bonchev–Trinajstić information content (AvgIpc) is 2.93. The fourth-order valence-electron chi connectivity index (χ4n) is 2.76. The molecule has 5 nitrogen and oxygen atoms in total. The summed E-state index contributed by atoms with van der Waals surface area (Å²) in [5.74, 6) is -1.13. The Bertz CT molecular complexity index is 474. The lowest BCUT2D eigenvalue weighted by Crippen LogP contribution is -2.23. The summed E-state index contributed by atoms with van der Waals surface area (Å²) in [6.07, 6.45) is 2.69. The Morgan fingerprint density at radius 1 is 1.56 bits per heavy atom. The Labute approximate surface area is 110 Å². The molecule has 3 rings (SSSR count). The molecule has 0 saturated carbocycles. The molecule has 0 amide bonds. The van der Waals surface area contributed by atoms with Crippen LogP contribution < -0.4 is 5.32 Å². The van der Waals surface area contributed by atoms with Crippen LogP contribution in [0.1, 0.15) is 29.3 Å². The van der Waals surface area contributed by atoms with Gasteiger partial charge in [0.15, 0.2) is 5.13 Å². The molecule has 0 radical (unpaired) electrons. The summed E-state index contributed by atoms with van der Waals surface area (Å²) < 4.78 is 0. The molecule has 1 aliphatic heterocycles. The molecule has 1 aromatic rings. The Hall–Kier alpha value is -1.14. The summed E-state index contributed by atoms with van der Waals surface area (Å²) in [6, 6.07) is 0.449. The van der Waals surface area contributed by atoms with E-state index in [0.717, 1.165) is 41.6 Å². The number of rotatable bonds is 3. The van der Waals surface area contributed by atoms with Gasteiger partial charge < -0.3 is 15.3 Å². The largest absolute Gasteiger partial charge is 0.481 e. The van der Waals surface area contributed by atoms with Gasteiger partial charge in [-0.1, -0.05) is 0 Å². The number of hydrogen-bond acceptors (Lipinski definition) is 5. The monoisotopic (exact) mass is 267 g/mol. The van der Waals surface area contributed by atoms with Gasteiger partial charge in [-0.25, -0.2) is 4.98 Å². The third kappa shape index (κ3) is 2.10. The molecule has 1 fully saturated rings. The Morgan fingerprint density at radius 3 is 3.06 bits per heavy atom. The zero-order chi connectivity index (χ0) is 12.7. The van der Waals surface area contributed by atoms with Crippen LogP contribution in [0.4, 0.5) is 5.13 Å². The van der Waals surface area contributed by atoms with Gasteiger partial charge in [-0.3, -0.25) is 4.79 Å². The number of aryl methyl sites for hydroxylation is 1. The number of carboxylic acid groups (broad SMARTS) is 1. The summed E-state index contributed by atoms with van der Waals surface area (Å²) >= 11 is 1.63. The minimum Gasteiger partial charge on any atom is -0.481 e. The first kappa shape index (κ1) is 11.9. The van der Waals surface area contributed by atoms with Crippen molar-refractivity contribution in [2.75, 3.05) is 25.5 Å². The van der Waals surface area contributed by atoms with Crippen molar-refractivity contribution in [1.82, 2.24) is 9.88 Å². The molecule has 1 aromatic heterocycles. The maximum Gasteiger partial charge on any atom is 0.312 e. The molecule has 18 heavy (non-hydrogen) atoms. The normalized spacial score (nSPS) is 27.4. The zero-order valence-electron chi connectivity index (χ0n) is 10.3. The smallest absolute Gasteiger partial charge is 0.312 e. The summed E-state index contributed by atoms with van der Waals surface area (Å²) in [5, 5.41) is 13.5. The van der Waals surface area contributed by atoms with E-state index in [4.69, 9.17) is 5.11 Å². The third-order valence-corrected chi connectivity index (χ3v) is 4.80. The minimum atomic E-state index is -0.744. The van der Waals surface area contributed by atoms with E-state index in [1.54, 1.807) is 11.3 Å². The average molecular weight is 267 g/mol. The van der Waals surface area contributed by atoms with Gasteiger partial charge in [-0.15, -0.1) is 11.3 Å². The molecule has 6 heteroatoms. The predicted molar refractivity (Wildman–Crippen MR) is 70.3 cm³/mol. The molecule has 0 spiro atoms. The van der Waals surface area contributed by atoms with Crippen LogP contribution in [0.5, 0.6) is 0 Å². The van der Waals surface area contributed by atoms with E-state index in [9.17, 15) is 4.79 Å². The number of nitrogens with zero attached hydrogens (tertiary/aromatic N) is 2. The number of thiazole rings is 1. The highest BCUT2D eigenvalue weighted by atomic mass is 32.1. The topological polar surface area (TPSA) is 65.5 Å². The number of carbonyl (C=O) groups is 1. The highest BCUT2D eigenvalue weighted by molar-refractivity contribution is 7.15. The van der Waals surface area contributed by atoms with E-state index in [1.165, 1.54) is 0 Å². The number of nitrogens with one attached hydrogen (secondary N) is 1. The molecule has 0 bridgehead atoms. The molecule has 2 heterocycles. The SMILES string of the molecule is CN1CCC(Nc2nc3c(s2)CCC3C(=O)O)C1. The van der Waals surface area contributed by atoms with E-state index in [0.29, 0.717) is 12.5 Å². The number of hydrogen-bond donors (Lipinski definition) is 2. The first-order valence-electron chi connectivity index (χ1n) is 6.31. The van der Waals surface area contributed by atoms with Crippen molar-refractivity contribution in [3.8, 4) is 0 Å². The fourth-order valence-corrected chi connectivity index (χ4v) is 3.87. The molecule has 2 aliphatic rings. The van der Waals surface area contributed by atoms with Gasteiger partial charge in [-0.05, 0) is 32.9 Å². The van der Waals surface area contributed by atoms with Crippen molar-refractivity contribution >= 4 is 22.4 Å². The molecule has 1 saturated heterocycles. The summed E-state index contributed by atoms with van der Waals surface area (Å²) in [7, 11) is 2.12. The van der Waals surface area contributed by atoms with Crippen molar-refractivity contribution in [2.45, 2.75) is 31.2 Å². The first-order chi connectivity index (χ1) is 8.63. The van der Waals surface area contributed by atoms with Gasteiger partial charge in [0.05, 0.1) is 5.69 Å². The lowest BCUT2D eigenvalue weighted by molar-refractivity contribution is -0.138. The van der Waals surface area contributed by atoms with Crippen molar-refractivity contribution in [3.05, 3.63) is 10.6 Å². The van der Waals surface area contributed by atoms with Crippen LogP contribution in [0.15, 0.2) is 0 Å². The highest BCUT2D eigenvalue weighted by Crippen LogP contribution is 2.38. The standard InChI is InChI=1S/C12H17N3O2S/c1-15-5-4-7(6-15)13-12-14-10-8(11(16)17)2-3-9(10)18-12/h7-8H,2-6H2,1H3,(H,13,14)(H,16,17).